The minimum Gasteiger partial charge on any atom is -0.339 e. The summed E-state index contributed by atoms with van der Waals surface area (Å²) in [5.74, 6) is 12.1. The van der Waals surface area contributed by atoms with E-state index in [1.165, 1.54) is 92.4 Å². The first-order chi connectivity index (χ1) is 62.3. The maximum absolute atomic E-state index is 13.4. The number of thiophene rings is 10. The Bertz CT molecular complexity index is 7950. The molecule has 22 heteroatoms. The van der Waals surface area contributed by atoms with Crippen molar-refractivity contribution in [3.8, 4) is 68.4 Å². The summed E-state index contributed by atoms with van der Waals surface area (Å²) in [5, 5.41) is 33.3. The normalized spacial score (nSPS) is 15.7. The average Bonchev–Trinajstić information content (AvgIpc) is 1.53. The molecule has 0 saturated carbocycles. The number of aliphatic hydroxyl groups is 1. The Morgan fingerprint density at radius 3 is 1.06 bits per heavy atom. The number of ether oxygens (including phenoxy) is 1. The van der Waals surface area contributed by atoms with Crippen LogP contribution in [-0.4, -0.2) is 80.2 Å². The molecule has 18 heterocycles. The van der Waals surface area contributed by atoms with Crippen molar-refractivity contribution in [3.63, 3.8) is 0 Å². The van der Waals surface area contributed by atoms with Crippen LogP contribution in [0.1, 0.15) is 93.2 Å². The molecular formula is C110H114Ge2N2O4S10Si4. The van der Waals surface area contributed by atoms with Crippen LogP contribution >= 0.6 is 113 Å². The van der Waals surface area contributed by atoms with Crippen molar-refractivity contribution >= 4 is 326 Å². The summed E-state index contributed by atoms with van der Waals surface area (Å²) in [6.45, 7) is 57.4. The van der Waals surface area contributed by atoms with Gasteiger partial charge in [0.1, 0.15) is 38.0 Å². The Kier molecular flexibility index (Phi) is 21.1. The number of fused-ring (bicyclic) bond motifs is 33. The molecule has 0 radical (unpaired) electrons. The van der Waals surface area contributed by atoms with Gasteiger partial charge in [0.15, 0.2) is 10.9 Å². The molecule has 0 unspecified atom stereocenters. The van der Waals surface area contributed by atoms with Crippen LogP contribution in [-0.2, 0) is 19.7 Å². The Labute approximate surface area is 824 Å². The third-order valence-electron chi connectivity index (χ3n) is 30.7. The van der Waals surface area contributed by atoms with E-state index in [0.29, 0.717) is 55.5 Å². The topological polar surface area (TPSA) is 73.5 Å². The van der Waals surface area contributed by atoms with Gasteiger partial charge in [-0.15, -0.1) is 90.7 Å². The first-order valence-electron chi connectivity index (χ1n) is 46.6. The molecule has 0 aliphatic carbocycles. The molecule has 8 aromatic carbocycles. The van der Waals surface area contributed by atoms with Crippen LogP contribution in [0.2, 0.25) is 75.4 Å². The summed E-state index contributed by atoms with van der Waals surface area (Å²) in [5.41, 5.74) is 17.4. The maximum Gasteiger partial charge on any atom is 0.115 e. The molecule has 6 aliphatic rings. The minimum atomic E-state index is -2.11. The van der Waals surface area contributed by atoms with E-state index in [-0.39, 0.29) is 17.5 Å². The van der Waals surface area contributed by atoms with Gasteiger partial charge in [-0.3, -0.25) is 9.59 Å². The van der Waals surface area contributed by atoms with Crippen molar-refractivity contribution in [1.29, 1.82) is 0 Å². The number of benzene rings is 6. The predicted molar refractivity (Wildman–Crippen MR) is 612 cm³/mol. The average molecular weight is 2110 g/mol. The van der Waals surface area contributed by atoms with Crippen molar-refractivity contribution in [2.75, 3.05) is 7.11 Å². The first kappa shape index (κ1) is 90.4. The van der Waals surface area contributed by atoms with Crippen LogP contribution in [0.5, 0.6) is 5.75 Å². The molecule has 12 aromatic heterocycles. The zero-order valence-electron chi connectivity index (χ0n) is 81.3. The molecule has 1 N–H and O–H groups in total. The maximum atomic E-state index is 13.4. The monoisotopic (exact) mass is 2110 g/mol. The summed E-state index contributed by atoms with van der Waals surface area (Å²) in [6, 6.07) is 44.9. The number of rotatable bonds is 6. The van der Waals surface area contributed by atoms with Gasteiger partial charge < -0.3 is 19.0 Å². The van der Waals surface area contributed by atoms with E-state index in [2.05, 4.69) is 277 Å². The van der Waals surface area contributed by atoms with E-state index < -0.39 is 58.8 Å². The van der Waals surface area contributed by atoms with E-state index in [1.807, 2.05) is 118 Å². The van der Waals surface area contributed by atoms with Gasteiger partial charge in [0.25, 0.3) is 0 Å². The molecule has 6 aliphatic heterocycles. The van der Waals surface area contributed by atoms with Crippen LogP contribution in [0.25, 0.3) is 157 Å². The van der Waals surface area contributed by atoms with Crippen LogP contribution in [0.15, 0.2) is 119 Å². The molecule has 6 nitrogen and oxygen atoms in total. The quantitative estimate of drug-likeness (QED) is 0.168. The van der Waals surface area contributed by atoms with Gasteiger partial charge in [-0.2, -0.15) is 0 Å². The van der Waals surface area contributed by atoms with Crippen molar-refractivity contribution in [2.45, 2.75) is 206 Å². The number of methoxy groups -OCH3 is 1. The van der Waals surface area contributed by atoms with Crippen molar-refractivity contribution < 1.29 is 9.84 Å². The molecule has 26 rings (SSSR count). The molecule has 0 fully saturated rings. The van der Waals surface area contributed by atoms with Crippen LogP contribution in [0, 0.1) is 94.9 Å². The number of aliphatic hydroxyl groups excluding tert-OH is 1. The number of hydrogen-bond donors (Lipinski definition) is 1. The molecule has 672 valence electrons. The van der Waals surface area contributed by atoms with E-state index in [9.17, 15) is 14.7 Å². The minimum absolute atomic E-state index is 0.0768. The summed E-state index contributed by atoms with van der Waals surface area (Å²) < 4.78 is 22.4. The molecule has 0 saturated heterocycles. The number of nitrogens with zero attached hydrogens (tertiary/aromatic N) is 2. The second kappa shape index (κ2) is 30.9. The van der Waals surface area contributed by atoms with Gasteiger partial charge in [-0.25, -0.2) is 0 Å². The molecule has 0 amide bonds. The summed E-state index contributed by atoms with van der Waals surface area (Å²) in [4.78, 5) is 50.1. The Hall–Kier alpha value is -6.77. The molecule has 0 bridgehead atoms. The fourth-order valence-corrected chi connectivity index (χ4v) is 67.8. The van der Waals surface area contributed by atoms with Crippen molar-refractivity contribution in [3.05, 3.63) is 195 Å². The Morgan fingerprint density at radius 1 is 0.333 bits per heavy atom. The summed E-state index contributed by atoms with van der Waals surface area (Å²) in [7, 11) is -4.82. The van der Waals surface area contributed by atoms with Gasteiger partial charge >= 0.3 is 159 Å². The van der Waals surface area contributed by atoms with Crippen LogP contribution in [0.4, 0.5) is 0 Å². The third kappa shape index (κ3) is 12.8. The van der Waals surface area contributed by atoms with E-state index in [1.54, 1.807) is 151 Å². The molecule has 0 spiro atoms. The Morgan fingerprint density at radius 2 is 0.682 bits per heavy atom. The molecular weight excluding hydrogens is 1990 g/mol. The Balaban J connectivity index is 0.0000000965. The smallest absolute Gasteiger partial charge is 0.115 e. The van der Waals surface area contributed by atoms with Crippen molar-refractivity contribution in [1.82, 2.24) is 9.13 Å². The molecule has 0 atom stereocenters. The van der Waals surface area contributed by atoms with Gasteiger partial charge in [0.2, 0.25) is 0 Å². The second-order valence-electron chi connectivity index (χ2n) is 42.6. The third-order valence-corrected chi connectivity index (χ3v) is 72.0. The number of hydrogen-bond acceptors (Lipinski definition) is 14. The van der Waals surface area contributed by atoms with Gasteiger partial charge in [-0.05, 0) is 221 Å². The molecule has 20 aromatic rings. The summed E-state index contributed by atoms with van der Waals surface area (Å²) in [6.07, 6.45) is 0. The van der Waals surface area contributed by atoms with E-state index >= 15 is 0 Å². The van der Waals surface area contributed by atoms with Gasteiger partial charge in [-0.1, -0.05) is 116 Å². The van der Waals surface area contributed by atoms with E-state index in [4.69, 9.17) is 4.74 Å². The summed E-state index contributed by atoms with van der Waals surface area (Å²) >= 11 is 14.8. The fourth-order valence-electron chi connectivity index (χ4n) is 24.1. The first-order valence-corrected chi connectivity index (χ1v) is 79.3. The SMILES string of the molecule is COc1c2c(=O)c3c(C)c(C)sc3c2c(CO)c2c(=O)c3c(C)c(C)sc3c12.Cc1c[c]2c(s1)-c1c[c]3c(c[c]1[Ge]2([CH3])[CH3])-c1sc(C)c[c]1[Ge]3([CH3])[CH3].Cc1cc2c(s1)-c1cc3c(cc1[Si]2(C)C)-c1sc(C)cc1[Si]3(C)C.Cc1cc2c(s1)-c1ccc3c4c(ccc3c1[Si]2(C)C)-c1sc(C)cc1[Si]4(C)C.Cc1cc2c(s1)c1cc3c(cc1n2CC(C)C)c1sc(C)cc1n3CC(C)C. The van der Waals surface area contributed by atoms with Gasteiger partial charge in [0, 0.05) is 114 Å². The fraction of sp³-hybridized carbons (Fsp3) is 0.309. The zero-order valence-corrected chi connectivity index (χ0v) is 97.7. The standard InChI is InChI=1S/C24H28N2S2.C24H24S2Si2.C22H18O4S2.C20H22Ge2S2.C20H22S2Si2/c1-13(2)11-25-19-9-18-20(10-17(19)23-21(25)7-15(5)27-23)26(12-14(3)4)22-8-16(6)28-24(18)22;1-13-11-19-21(25-13)17-9-7-16-15(23(17)27(19,3)4)8-10-18-22-20(12-14(2)26-22)28(5,6)24(16)18;1-7-10(4)28-22-12(7)18(24)14-11(6-23)15-16(20(26-5)17(14)22)19(25)13-8(2)9(3)27-21(13)15;1-11-7-17-19(23-11)13-9-16-14(10-15(13)21(17,3)4)20-18(22(16,5)6)8-12(2)24-20;1-11-7-17-19(21-11)13-9-16-14(10-15(13)23(17,3)4)20-18(24(16,5)6)8-12(2)22-20/h7-10,13-14H,11-12H2,1-6H3;7-12H,1-6H3;23H,6H2,1-5H3;2*7-10H,1-6H3. The number of aromatic nitrogens is 2. The van der Waals surface area contributed by atoms with E-state index in [0.717, 1.165) is 43.4 Å². The number of aryl methyl sites for hydroxylation is 12. The van der Waals surface area contributed by atoms with Crippen molar-refractivity contribution in [2.24, 2.45) is 11.8 Å². The zero-order chi connectivity index (χ0) is 93.4. The predicted octanol–water partition coefficient (Wildman–Crippen LogP) is 26.0. The second-order valence-corrected chi connectivity index (χ2v) is 90.5. The van der Waals surface area contributed by atoms with Crippen LogP contribution < -0.4 is 74.7 Å². The molecule has 132 heavy (non-hydrogen) atoms. The largest absolute Gasteiger partial charge is 0.339 e. The van der Waals surface area contributed by atoms with Gasteiger partial charge in [0.05, 0.1) is 55.3 Å². The van der Waals surface area contributed by atoms with Crippen LogP contribution in [0.3, 0.4) is 0 Å².